The number of thiophene rings is 1. The number of sulfonamides is 1. The molecule has 1 aromatic heterocycles. The van der Waals surface area contributed by atoms with Crippen molar-refractivity contribution in [1.29, 1.82) is 0 Å². The highest BCUT2D eigenvalue weighted by Gasteiger charge is 2.16. The summed E-state index contributed by atoms with van der Waals surface area (Å²) in [5.74, 6) is 0. The highest BCUT2D eigenvalue weighted by molar-refractivity contribution is 9.11. The van der Waals surface area contributed by atoms with Crippen LogP contribution in [-0.2, 0) is 10.0 Å². The van der Waals surface area contributed by atoms with Gasteiger partial charge in [0.1, 0.15) is 4.21 Å². The van der Waals surface area contributed by atoms with Gasteiger partial charge in [0.05, 0.1) is 3.79 Å². The van der Waals surface area contributed by atoms with Gasteiger partial charge >= 0.3 is 0 Å². The number of hydrogen-bond donors (Lipinski definition) is 2. The maximum absolute atomic E-state index is 11.8. The van der Waals surface area contributed by atoms with Crippen molar-refractivity contribution >= 4 is 37.3 Å². The molecule has 1 rings (SSSR count). The first kappa shape index (κ1) is 14.1. The van der Waals surface area contributed by atoms with E-state index in [1.54, 1.807) is 12.1 Å². The minimum atomic E-state index is -3.35. The van der Waals surface area contributed by atoms with E-state index in [1.165, 1.54) is 11.3 Å². The smallest absolute Gasteiger partial charge is 0.250 e. The zero-order valence-corrected chi connectivity index (χ0v) is 12.4. The molecule has 0 spiro atoms. The molecule has 0 amide bonds. The zero-order chi connectivity index (χ0) is 12.2. The molecule has 0 aliphatic rings. The Balaban J connectivity index is 2.59. The monoisotopic (exact) mass is 326 g/mol. The standard InChI is InChI=1S/C9H15BrN2O2S2/c1-3-11-7(2)6-12-16(13,14)9-5-4-8(10)15-9/h4-5,7,11-12H,3,6H2,1-2H3/t7-/m1/s1. The van der Waals surface area contributed by atoms with Crippen molar-refractivity contribution in [1.82, 2.24) is 10.0 Å². The Labute approximate surface area is 109 Å². The first-order valence-corrected chi connectivity index (χ1v) is 8.03. The lowest BCUT2D eigenvalue weighted by molar-refractivity contribution is 0.537. The topological polar surface area (TPSA) is 58.2 Å². The molecule has 1 atom stereocenters. The lowest BCUT2D eigenvalue weighted by Gasteiger charge is -2.12. The minimum Gasteiger partial charge on any atom is -0.313 e. The van der Waals surface area contributed by atoms with Gasteiger partial charge in [-0.15, -0.1) is 11.3 Å². The average Bonchev–Trinajstić information content (AvgIpc) is 2.63. The maximum Gasteiger partial charge on any atom is 0.250 e. The van der Waals surface area contributed by atoms with Crippen LogP contribution in [0, 0.1) is 0 Å². The number of nitrogens with one attached hydrogen (secondary N) is 2. The van der Waals surface area contributed by atoms with Gasteiger partial charge in [0.2, 0.25) is 10.0 Å². The quantitative estimate of drug-likeness (QED) is 0.837. The summed E-state index contributed by atoms with van der Waals surface area (Å²) in [5.41, 5.74) is 0. The van der Waals surface area contributed by atoms with Gasteiger partial charge in [0.15, 0.2) is 0 Å². The maximum atomic E-state index is 11.8. The van der Waals surface area contributed by atoms with Crippen LogP contribution in [0.3, 0.4) is 0 Å². The van der Waals surface area contributed by atoms with Crippen molar-refractivity contribution in [2.75, 3.05) is 13.1 Å². The zero-order valence-electron chi connectivity index (χ0n) is 9.16. The third-order valence-corrected chi connectivity index (χ3v) is 5.48. The molecule has 2 N–H and O–H groups in total. The van der Waals surface area contributed by atoms with E-state index in [0.717, 1.165) is 10.3 Å². The molecule has 0 bridgehead atoms. The van der Waals surface area contributed by atoms with Gasteiger partial charge in [-0.25, -0.2) is 13.1 Å². The van der Waals surface area contributed by atoms with Crippen molar-refractivity contribution < 1.29 is 8.42 Å². The Morgan fingerprint density at radius 2 is 2.19 bits per heavy atom. The molecular weight excluding hydrogens is 312 g/mol. The molecule has 92 valence electrons. The second-order valence-electron chi connectivity index (χ2n) is 3.37. The van der Waals surface area contributed by atoms with Gasteiger partial charge in [0, 0.05) is 12.6 Å². The molecule has 16 heavy (non-hydrogen) atoms. The van der Waals surface area contributed by atoms with E-state index in [1.807, 2.05) is 13.8 Å². The summed E-state index contributed by atoms with van der Waals surface area (Å²) in [6.07, 6.45) is 0. The Hall–Kier alpha value is 0.0500. The Kier molecular flexibility index (Phi) is 5.39. The molecule has 4 nitrogen and oxygen atoms in total. The van der Waals surface area contributed by atoms with Crippen molar-refractivity contribution in [3.8, 4) is 0 Å². The highest BCUT2D eigenvalue weighted by atomic mass is 79.9. The van der Waals surface area contributed by atoms with Gasteiger partial charge in [-0.1, -0.05) is 6.92 Å². The second kappa shape index (κ2) is 6.11. The molecule has 0 saturated heterocycles. The van der Waals surface area contributed by atoms with Crippen molar-refractivity contribution in [3.05, 3.63) is 15.9 Å². The van der Waals surface area contributed by atoms with E-state index in [0.29, 0.717) is 10.8 Å². The molecule has 1 aromatic rings. The predicted octanol–water partition coefficient (Wildman–Crippen LogP) is 1.79. The molecule has 0 aliphatic heterocycles. The van der Waals surface area contributed by atoms with Crippen LogP contribution in [0.4, 0.5) is 0 Å². The number of halogens is 1. The third-order valence-electron chi connectivity index (χ3n) is 1.95. The van der Waals surface area contributed by atoms with Crippen LogP contribution in [0.2, 0.25) is 0 Å². The molecule has 0 aliphatic carbocycles. The van der Waals surface area contributed by atoms with Gasteiger partial charge in [-0.05, 0) is 41.5 Å². The van der Waals surface area contributed by atoms with Crippen LogP contribution < -0.4 is 10.0 Å². The number of likely N-dealkylation sites (N-methyl/N-ethyl adjacent to an activating group) is 1. The largest absolute Gasteiger partial charge is 0.313 e. The van der Waals surface area contributed by atoms with E-state index in [9.17, 15) is 8.42 Å². The summed E-state index contributed by atoms with van der Waals surface area (Å²) in [7, 11) is -3.35. The van der Waals surface area contributed by atoms with Crippen molar-refractivity contribution in [2.45, 2.75) is 24.1 Å². The Morgan fingerprint density at radius 3 is 2.69 bits per heavy atom. The predicted molar refractivity (Wildman–Crippen MR) is 70.3 cm³/mol. The van der Waals surface area contributed by atoms with Gasteiger partial charge in [-0.3, -0.25) is 0 Å². The summed E-state index contributed by atoms with van der Waals surface area (Å²) < 4.78 is 27.3. The lowest BCUT2D eigenvalue weighted by atomic mass is 10.3. The Bertz CT molecular complexity index is 430. The van der Waals surface area contributed by atoms with E-state index in [2.05, 4.69) is 26.0 Å². The van der Waals surface area contributed by atoms with E-state index >= 15 is 0 Å². The van der Waals surface area contributed by atoms with Crippen LogP contribution in [0.25, 0.3) is 0 Å². The SMILES string of the molecule is CCN[C@H](C)CNS(=O)(=O)c1ccc(Br)s1. The third kappa shape index (κ3) is 4.14. The van der Waals surface area contributed by atoms with Crippen molar-refractivity contribution in [3.63, 3.8) is 0 Å². The lowest BCUT2D eigenvalue weighted by Crippen LogP contribution is -2.38. The van der Waals surface area contributed by atoms with Crippen LogP contribution in [0.1, 0.15) is 13.8 Å². The molecule has 7 heteroatoms. The van der Waals surface area contributed by atoms with Gasteiger partial charge in [-0.2, -0.15) is 0 Å². The summed E-state index contributed by atoms with van der Waals surface area (Å²) in [6.45, 7) is 5.15. The first-order chi connectivity index (χ1) is 7.45. The van der Waals surface area contributed by atoms with Crippen LogP contribution >= 0.6 is 27.3 Å². The van der Waals surface area contributed by atoms with Crippen LogP contribution in [0.5, 0.6) is 0 Å². The molecule has 1 heterocycles. The molecule has 0 saturated carbocycles. The average molecular weight is 327 g/mol. The summed E-state index contributed by atoms with van der Waals surface area (Å²) in [5, 5.41) is 3.14. The second-order valence-corrected chi connectivity index (χ2v) is 7.83. The van der Waals surface area contributed by atoms with Crippen molar-refractivity contribution in [2.24, 2.45) is 0 Å². The summed E-state index contributed by atoms with van der Waals surface area (Å²) in [6, 6.07) is 3.45. The molecule has 0 aromatic carbocycles. The molecule has 0 fully saturated rings. The van der Waals surface area contributed by atoms with E-state index in [-0.39, 0.29) is 6.04 Å². The van der Waals surface area contributed by atoms with E-state index in [4.69, 9.17) is 0 Å². The van der Waals surface area contributed by atoms with Gasteiger partial charge in [0.25, 0.3) is 0 Å². The fourth-order valence-corrected chi connectivity index (χ4v) is 4.35. The molecular formula is C9H15BrN2O2S2. The van der Waals surface area contributed by atoms with Gasteiger partial charge < -0.3 is 5.32 Å². The van der Waals surface area contributed by atoms with Crippen LogP contribution in [0.15, 0.2) is 20.1 Å². The molecule has 0 unspecified atom stereocenters. The fraction of sp³-hybridized carbons (Fsp3) is 0.556. The summed E-state index contributed by atoms with van der Waals surface area (Å²) in [4.78, 5) is 0. The fourth-order valence-electron chi connectivity index (χ4n) is 1.17. The summed E-state index contributed by atoms with van der Waals surface area (Å²) >= 11 is 4.45. The van der Waals surface area contributed by atoms with Crippen LogP contribution in [-0.4, -0.2) is 27.5 Å². The normalized spacial score (nSPS) is 13.9. The number of rotatable bonds is 6. The first-order valence-electron chi connectivity index (χ1n) is 4.94. The molecule has 0 radical (unpaired) electrons. The van der Waals surface area contributed by atoms with E-state index < -0.39 is 10.0 Å². The Morgan fingerprint density at radius 1 is 1.50 bits per heavy atom. The minimum absolute atomic E-state index is 0.128. The number of hydrogen-bond acceptors (Lipinski definition) is 4. The highest BCUT2D eigenvalue weighted by Crippen LogP contribution is 2.25.